The van der Waals surface area contributed by atoms with E-state index in [4.69, 9.17) is 5.26 Å². The molecule has 0 fully saturated rings. The SMILES string of the molecule is C[CH]CCC#N. The Hall–Kier alpha value is -0.510. The van der Waals surface area contributed by atoms with Gasteiger partial charge in [0.1, 0.15) is 0 Å². The van der Waals surface area contributed by atoms with Gasteiger partial charge in [0, 0.05) is 6.42 Å². The zero-order valence-electron chi connectivity index (χ0n) is 3.94. The van der Waals surface area contributed by atoms with Gasteiger partial charge in [-0.25, -0.2) is 0 Å². The molecule has 1 radical (unpaired) electrons. The summed E-state index contributed by atoms with van der Waals surface area (Å²) in [6.07, 6.45) is 3.58. The molecule has 0 unspecified atom stereocenters. The number of nitriles is 1. The van der Waals surface area contributed by atoms with E-state index >= 15 is 0 Å². The quantitative estimate of drug-likeness (QED) is 0.463. The second kappa shape index (κ2) is 4.49. The van der Waals surface area contributed by atoms with E-state index in [1.165, 1.54) is 0 Å². The first-order valence-electron chi connectivity index (χ1n) is 2.06. The van der Waals surface area contributed by atoms with E-state index in [1.807, 2.05) is 19.4 Å². The van der Waals surface area contributed by atoms with Crippen LogP contribution in [0.15, 0.2) is 0 Å². The summed E-state index contributed by atoms with van der Waals surface area (Å²) in [4.78, 5) is 0. The lowest BCUT2D eigenvalue weighted by Crippen LogP contribution is -1.64. The van der Waals surface area contributed by atoms with Gasteiger partial charge in [0.15, 0.2) is 0 Å². The lowest BCUT2D eigenvalue weighted by Gasteiger charge is -1.76. The Labute approximate surface area is 38.6 Å². The molecule has 0 aromatic heterocycles. The fourth-order valence-electron chi connectivity index (χ4n) is 0.209. The maximum Gasteiger partial charge on any atom is 0.0621 e. The van der Waals surface area contributed by atoms with Crippen LogP contribution in [0.5, 0.6) is 0 Å². The van der Waals surface area contributed by atoms with Gasteiger partial charge in [-0.1, -0.05) is 6.92 Å². The lowest BCUT2D eigenvalue weighted by molar-refractivity contribution is 0.983. The second-order valence-electron chi connectivity index (χ2n) is 1.11. The summed E-state index contributed by atoms with van der Waals surface area (Å²) in [7, 11) is 0. The van der Waals surface area contributed by atoms with Crippen LogP contribution in [-0.4, -0.2) is 0 Å². The van der Waals surface area contributed by atoms with Crippen molar-refractivity contribution in [2.45, 2.75) is 19.8 Å². The molecule has 1 heteroatoms. The lowest BCUT2D eigenvalue weighted by atomic mass is 10.3. The van der Waals surface area contributed by atoms with Crippen LogP contribution in [-0.2, 0) is 0 Å². The molecule has 0 aromatic rings. The summed E-state index contributed by atoms with van der Waals surface area (Å²) < 4.78 is 0. The van der Waals surface area contributed by atoms with Crippen molar-refractivity contribution in [2.24, 2.45) is 0 Å². The van der Waals surface area contributed by atoms with Crippen molar-refractivity contribution in [1.82, 2.24) is 0 Å². The van der Waals surface area contributed by atoms with E-state index in [9.17, 15) is 0 Å². The summed E-state index contributed by atoms with van der Waals surface area (Å²) in [5, 5.41) is 7.93. The monoisotopic (exact) mass is 82.1 g/mol. The Kier molecular flexibility index (Phi) is 4.11. The van der Waals surface area contributed by atoms with Crippen LogP contribution in [0.25, 0.3) is 0 Å². The molecular formula is C5H8N. The van der Waals surface area contributed by atoms with Crippen LogP contribution in [0.4, 0.5) is 0 Å². The van der Waals surface area contributed by atoms with E-state index in [2.05, 4.69) is 0 Å². The molecule has 0 atom stereocenters. The third-order valence-electron chi connectivity index (χ3n) is 0.545. The van der Waals surface area contributed by atoms with Crippen molar-refractivity contribution < 1.29 is 0 Å². The molecule has 0 heterocycles. The van der Waals surface area contributed by atoms with Gasteiger partial charge in [0.25, 0.3) is 0 Å². The Morgan fingerprint density at radius 2 is 2.50 bits per heavy atom. The topological polar surface area (TPSA) is 23.8 Å². The summed E-state index contributed by atoms with van der Waals surface area (Å²) in [5.41, 5.74) is 0. The standard InChI is InChI=1S/C5H8N/c1-2-3-4-5-6/h2H,3-4H2,1H3. The minimum absolute atomic E-state index is 0.663. The summed E-state index contributed by atoms with van der Waals surface area (Å²) >= 11 is 0. The normalized spacial score (nSPS) is 7.33. The molecule has 0 N–H and O–H groups in total. The van der Waals surface area contributed by atoms with E-state index in [1.54, 1.807) is 0 Å². The van der Waals surface area contributed by atoms with Gasteiger partial charge in [-0.2, -0.15) is 5.26 Å². The Bertz CT molecular complexity index is 51.4. The fourth-order valence-corrected chi connectivity index (χ4v) is 0.209. The summed E-state index contributed by atoms with van der Waals surface area (Å²) in [6.45, 7) is 1.96. The van der Waals surface area contributed by atoms with Crippen molar-refractivity contribution in [1.29, 1.82) is 5.26 Å². The minimum Gasteiger partial charge on any atom is -0.198 e. The van der Waals surface area contributed by atoms with Crippen LogP contribution in [0.1, 0.15) is 19.8 Å². The number of hydrogen-bond donors (Lipinski definition) is 0. The van der Waals surface area contributed by atoms with E-state index < -0.39 is 0 Å². The van der Waals surface area contributed by atoms with Gasteiger partial charge in [0.05, 0.1) is 6.07 Å². The Morgan fingerprint density at radius 1 is 1.83 bits per heavy atom. The molecule has 1 nitrogen and oxygen atoms in total. The first-order valence-corrected chi connectivity index (χ1v) is 2.06. The number of unbranched alkanes of at least 4 members (excludes halogenated alkanes) is 2. The Balaban J connectivity index is 2.54. The fraction of sp³-hybridized carbons (Fsp3) is 0.600. The van der Waals surface area contributed by atoms with Crippen LogP contribution in [0.2, 0.25) is 0 Å². The van der Waals surface area contributed by atoms with Gasteiger partial charge in [-0.05, 0) is 12.8 Å². The van der Waals surface area contributed by atoms with E-state index in [0.717, 1.165) is 6.42 Å². The molecule has 0 aromatic carbocycles. The predicted molar refractivity (Wildman–Crippen MR) is 24.8 cm³/mol. The van der Waals surface area contributed by atoms with E-state index in [-0.39, 0.29) is 0 Å². The number of nitrogens with zero attached hydrogens (tertiary/aromatic N) is 1. The molecule has 0 aliphatic rings. The van der Waals surface area contributed by atoms with Crippen LogP contribution in [0, 0.1) is 17.8 Å². The molecule has 0 amide bonds. The van der Waals surface area contributed by atoms with Gasteiger partial charge in [-0.3, -0.25) is 0 Å². The Morgan fingerprint density at radius 3 is 2.67 bits per heavy atom. The van der Waals surface area contributed by atoms with Gasteiger partial charge >= 0.3 is 0 Å². The number of rotatable bonds is 2. The maximum atomic E-state index is 7.93. The maximum absolute atomic E-state index is 7.93. The highest BCUT2D eigenvalue weighted by atomic mass is 14.2. The molecule has 0 bridgehead atoms. The predicted octanol–water partition coefficient (Wildman–Crippen LogP) is 1.51. The average molecular weight is 82.1 g/mol. The van der Waals surface area contributed by atoms with Crippen molar-refractivity contribution in [2.75, 3.05) is 0 Å². The smallest absolute Gasteiger partial charge is 0.0621 e. The second-order valence-corrected chi connectivity index (χ2v) is 1.11. The van der Waals surface area contributed by atoms with Crippen LogP contribution < -0.4 is 0 Å². The molecule has 6 heavy (non-hydrogen) atoms. The highest BCUT2D eigenvalue weighted by Gasteiger charge is 1.74. The third-order valence-corrected chi connectivity index (χ3v) is 0.545. The van der Waals surface area contributed by atoms with Gasteiger partial charge in [0.2, 0.25) is 0 Å². The molecule has 0 aliphatic heterocycles. The minimum atomic E-state index is 0.663. The highest BCUT2D eigenvalue weighted by Crippen LogP contribution is 1.87. The largest absolute Gasteiger partial charge is 0.198 e. The van der Waals surface area contributed by atoms with Crippen molar-refractivity contribution in [3.63, 3.8) is 0 Å². The molecular weight excluding hydrogens is 74.1 g/mol. The van der Waals surface area contributed by atoms with Crippen LogP contribution >= 0.6 is 0 Å². The molecule has 0 saturated carbocycles. The van der Waals surface area contributed by atoms with Gasteiger partial charge in [-0.15, -0.1) is 0 Å². The van der Waals surface area contributed by atoms with Crippen molar-refractivity contribution in [3.05, 3.63) is 6.42 Å². The molecule has 0 rings (SSSR count). The van der Waals surface area contributed by atoms with Gasteiger partial charge < -0.3 is 0 Å². The van der Waals surface area contributed by atoms with Crippen LogP contribution in [0.3, 0.4) is 0 Å². The molecule has 0 aliphatic carbocycles. The summed E-state index contributed by atoms with van der Waals surface area (Å²) in [6, 6.07) is 2.04. The average Bonchev–Trinajstić information content (AvgIpc) is 1.61. The first-order chi connectivity index (χ1) is 2.91. The summed E-state index contributed by atoms with van der Waals surface area (Å²) in [5.74, 6) is 0. The zero-order valence-corrected chi connectivity index (χ0v) is 3.94. The molecule has 0 saturated heterocycles. The molecule has 0 spiro atoms. The molecule has 33 valence electrons. The zero-order chi connectivity index (χ0) is 4.83. The third kappa shape index (κ3) is 3.49. The number of hydrogen-bond acceptors (Lipinski definition) is 1. The highest BCUT2D eigenvalue weighted by molar-refractivity contribution is 4.72. The van der Waals surface area contributed by atoms with Crippen molar-refractivity contribution in [3.8, 4) is 6.07 Å². The first kappa shape index (κ1) is 5.49. The van der Waals surface area contributed by atoms with E-state index in [0.29, 0.717) is 6.42 Å². The van der Waals surface area contributed by atoms with Crippen molar-refractivity contribution >= 4 is 0 Å².